The maximum Gasteiger partial charge on any atom is 0.309 e. The summed E-state index contributed by atoms with van der Waals surface area (Å²) in [5.41, 5.74) is 0.449. The molecule has 7 nitrogen and oxygen atoms in total. The largest absolute Gasteiger partial charge is 0.481 e. The lowest BCUT2D eigenvalue weighted by atomic mass is 9.32. The number of nitrogens with one attached hydrogen (secondary N) is 1. The van der Waals surface area contributed by atoms with Gasteiger partial charge in [0.25, 0.3) is 0 Å². The highest BCUT2D eigenvalue weighted by molar-refractivity contribution is 5.81. The fourth-order valence-corrected chi connectivity index (χ4v) is 14.6. The van der Waals surface area contributed by atoms with Crippen molar-refractivity contribution < 1.29 is 24.2 Å². The summed E-state index contributed by atoms with van der Waals surface area (Å²) < 4.78 is 6.20. The van der Waals surface area contributed by atoms with Gasteiger partial charge in [-0.25, -0.2) is 0 Å². The Balaban J connectivity index is 1.24. The summed E-state index contributed by atoms with van der Waals surface area (Å²) in [4.78, 5) is 41.1. The van der Waals surface area contributed by atoms with Crippen LogP contribution in [0.25, 0.3) is 0 Å². The first kappa shape index (κ1) is 38.8. The number of carbonyl (C=O) groups excluding carboxylic acids is 2. The minimum absolute atomic E-state index is 0.110. The van der Waals surface area contributed by atoms with Crippen molar-refractivity contribution in [3.05, 3.63) is 12.2 Å². The summed E-state index contributed by atoms with van der Waals surface area (Å²) in [5, 5.41) is 13.1. The molecular formula is C44H72N2O5. The fourth-order valence-electron chi connectivity index (χ4n) is 14.6. The third-order valence-electron chi connectivity index (χ3n) is 17.4. The van der Waals surface area contributed by atoms with E-state index in [4.69, 9.17) is 4.74 Å². The van der Waals surface area contributed by atoms with Gasteiger partial charge in [0, 0.05) is 23.9 Å². The molecule has 6 fully saturated rings. The van der Waals surface area contributed by atoms with Gasteiger partial charge < -0.3 is 20.1 Å². The summed E-state index contributed by atoms with van der Waals surface area (Å²) in [6, 6.07) is 0.861. The third-order valence-corrected chi connectivity index (χ3v) is 17.4. The van der Waals surface area contributed by atoms with Crippen molar-refractivity contribution in [3.8, 4) is 0 Å². The van der Waals surface area contributed by atoms with Gasteiger partial charge in [0.1, 0.15) is 6.10 Å². The number of hydrogen-bond donors (Lipinski definition) is 2. The monoisotopic (exact) mass is 709 g/mol. The fraction of sp³-hybridized carbons (Fsp3) is 0.886. The molecule has 0 heterocycles. The number of rotatable bonds is 9. The number of aliphatic carboxylic acids is 1. The topological polar surface area (TPSA) is 95.9 Å². The van der Waals surface area contributed by atoms with Crippen LogP contribution < -0.4 is 5.32 Å². The summed E-state index contributed by atoms with van der Waals surface area (Å²) in [5.74, 6) is 2.77. The summed E-state index contributed by atoms with van der Waals surface area (Å²) in [6.07, 6.45) is 13.9. The standard InChI is InChI=1S/C44H72N2O5/c1-26(2)30-14-15-31-27(22-36(47)45-28-12-13-29(23-28)46(10)11)24-44(9)32(38(30)31)16-17-34-42(7)20-19-35(51-37(48)25-40(3,4)39(49)50)41(5,6)33(42)18-21-43(34,44)8/h27-35,38H,1,12-25H2,2-11H3,(H,45,47)(H,49,50)/t27-,28+,29+,30-,31?,32+,33-,34+,35-,38-,42-,43+,44+/m0/s1. The predicted octanol–water partition coefficient (Wildman–Crippen LogP) is 8.90. The van der Waals surface area contributed by atoms with Crippen LogP contribution in [0, 0.1) is 68.5 Å². The van der Waals surface area contributed by atoms with Crippen LogP contribution in [0.4, 0.5) is 0 Å². The number of nitrogens with zero attached hydrogens (tertiary/aromatic N) is 1. The molecule has 7 heteroatoms. The summed E-state index contributed by atoms with van der Waals surface area (Å²) in [7, 11) is 4.32. The van der Waals surface area contributed by atoms with Gasteiger partial charge >= 0.3 is 11.9 Å². The molecule has 0 bridgehead atoms. The second kappa shape index (κ2) is 13.4. The lowest BCUT2D eigenvalue weighted by molar-refractivity contribution is -0.249. The Morgan fingerprint density at radius 2 is 1.61 bits per heavy atom. The van der Waals surface area contributed by atoms with E-state index in [1.54, 1.807) is 13.8 Å². The second-order valence-corrected chi connectivity index (χ2v) is 21.0. The van der Waals surface area contributed by atoms with Crippen LogP contribution in [0.15, 0.2) is 12.2 Å². The molecule has 13 atom stereocenters. The number of esters is 1. The number of ether oxygens (including phenoxy) is 1. The average Bonchev–Trinajstić information content (AvgIpc) is 3.67. The zero-order chi connectivity index (χ0) is 37.5. The second-order valence-electron chi connectivity index (χ2n) is 21.0. The Morgan fingerprint density at radius 1 is 0.902 bits per heavy atom. The molecular weight excluding hydrogens is 636 g/mol. The SMILES string of the molecule is C=C(C)[C@@H]1CCC2[C@@H](CC(=O)N[C@@H]3CC[C@@H](N(C)C)C3)C[C@]3(C)[C@H](CC[C@@H]4[C@@]5(C)CC[C@H](OC(=O)CC(C)(C)C(=O)O)C(C)(C)[C@@H]5CC[C@]43C)[C@H]21. The van der Waals surface area contributed by atoms with Gasteiger partial charge in [0.15, 0.2) is 0 Å². The van der Waals surface area contributed by atoms with E-state index < -0.39 is 17.4 Å². The number of carboxylic acids is 1. The molecule has 288 valence electrons. The molecule has 0 radical (unpaired) electrons. The Kier molecular flexibility index (Phi) is 10.2. The van der Waals surface area contributed by atoms with E-state index in [1.807, 2.05) is 0 Å². The van der Waals surface area contributed by atoms with Crippen LogP contribution >= 0.6 is 0 Å². The molecule has 6 rings (SSSR count). The lowest BCUT2D eigenvalue weighted by Crippen LogP contribution is -2.66. The molecule has 1 unspecified atom stereocenters. The number of amides is 1. The first-order valence-corrected chi connectivity index (χ1v) is 20.7. The molecule has 6 aliphatic rings. The van der Waals surface area contributed by atoms with Crippen molar-refractivity contribution in [2.45, 2.75) is 163 Å². The van der Waals surface area contributed by atoms with Crippen LogP contribution in [-0.4, -0.2) is 60.1 Å². The molecule has 2 N–H and O–H groups in total. The van der Waals surface area contributed by atoms with Gasteiger partial charge in [0.05, 0.1) is 11.8 Å². The minimum Gasteiger partial charge on any atom is -0.481 e. The molecule has 6 aliphatic carbocycles. The minimum atomic E-state index is -1.14. The molecule has 0 spiro atoms. The van der Waals surface area contributed by atoms with Crippen molar-refractivity contribution in [1.29, 1.82) is 0 Å². The highest BCUT2D eigenvalue weighted by Gasteiger charge is 2.70. The normalized spacial score (nSPS) is 44.5. The van der Waals surface area contributed by atoms with Crippen LogP contribution in [0.2, 0.25) is 0 Å². The number of hydrogen-bond acceptors (Lipinski definition) is 5. The number of carboxylic acid groups (broad SMARTS) is 1. The third kappa shape index (κ3) is 6.43. The average molecular weight is 709 g/mol. The molecule has 51 heavy (non-hydrogen) atoms. The van der Waals surface area contributed by atoms with E-state index in [2.05, 4.69) is 72.4 Å². The Labute approximate surface area is 309 Å². The van der Waals surface area contributed by atoms with E-state index in [0.29, 0.717) is 59.9 Å². The molecule has 0 aliphatic heterocycles. The number of carbonyl (C=O) groups is 3. The van der Waals surface area contributed by atoms with Crippen molar-refractivity contribution in [1.82, 2.24) is 10.2 Å². The lowest BCUT2D eigenvalue weighted by Gasteiger charge is -2.73. The van der Waals surface area contributed by atoms with E-state index in [-0.39, 0.29) is 40.1 Å². The van der Waals surface area contributed by atoms with Gasteiger partial charge in [-0.3, -0.25) is 14.4 Å². The first-order valence-electron chi connectivity index (χ1n) is 20.7. The zero-order valence-corrected chi connectivity index (χ0v) is 33.9. The maximum absolute atomic E-state index is 13.9. The van der Waals surface area contributed by atoms with E-state index in [0.717, 1.165) is 44.9 Å². The van der Waals surface area contributed by atoms with Crippen molar-refractivity contribution >= 4 is 17.8 Å². The predicted molar refractivity (Wildman–Crippen MR) is 203 cm³/mol. The maximum atomic E-state index is 13.9. The van der Waals surface area contributed by atoms with E-state index >= 15 is 0 Å². The van der Waals surface area contributed by atoms with Crippen LogP contribution in [0.5, 0.6) is 0 Å². The zero-order valence-electron chi connectivity index (χ0n) is 33.9. The summed E-state index contributed by atoms with van der Waals surface area (Å²) in [6.45, 7) is 22.5. The van der Waals surface area contributed by atoms with Crippen LogP contribution in [-0.2, 0) is 19.1 Å². The van der Waals surface area contributed by atoms with Gasteiger partial charge in [-0.2, -0.15) is 0 Å². The Morgan fingerprint density at radius 3 is 2.24 bits per heavy atom. The molecule has 0 aromatic rings. The highest BCUT2D eigenvalue weighted by Crippen LogP contribution is 2.77. The van der Waals surface area contributed by atoms with Gasteiger partial charge in [0.2, 0.25) is 5.91 Å². The van der Waals surface area contributed by atoms with Crippen LogP contribution in [0.3, 0.4) is 0 Å². The molecule has 0 saturated heterocycles. The Hall–Kier alpha value is -1.89. The van der Waals surface area contributed by atoms with Crippen LogP contribution in [0.1, 0.15) is 145 Å². The van der Waals surface area contributed by atoms with Gasteiger partial charge in [-0.1, -0.05) is 46.8 Å². The quantitative estimate of drug-likeness (QED) is 0.184. The highest BCUT2D eigenvalue weighted by atomic mass is 16.5. The number of fused-ring (bicyclic) bond motifs is 7. The summed E-state index contributed by atoms with van der Waals surface area (Å²) >= 11 is 0. The van der Waals surface area contributed by atoms with Crippen molar-refractivity contribution in [3.63, 3.8) is 0 Å². The van der Waals surface area contributed by atoms with E-state index in [9.17, 15) is 19.5 Å². The molecule has 6 saturated carbocycles. The molecule has 0 aromatic heterocycles. The van der Waals surface area contributed by atoms with Crippen molar-refractivity contribution in [2.75, 3.05) is 14.1 Å². The first-order chi connectivity index (χ1) is 23.7. The molecule has 1 amide bonds. The van der Waals surface area contributed by atoms with Gasteiger partial charge in [-0.05, 0) is 170 Å². The number of allylic oxidation sites excluding steroid dienone is 1. The van der Waals surface area contributed by atoms with Gasteiger partial charge in [-0.15, -0.1) is 0 Å². The Bertz CT molecular complexity index is 1390. The van der Waals surface area contributed by atoms with E-state index in [1.165, 1.54) is 37.7 Å². The molecule has 0 aromatic carbocycles. The smallest absolute Gasteiger partial charge is 0.309 e. The van der Waals surface area contributed by atoms with Crippen molar-refractivity contribution in [2.24, 2.45) is 68.5 Å².